The summed E-state index contributed by atoms with van der Waals surface area (Å²) in [4.78, 5) is 5.36. The number of nitrogens with zero attached hydrogens (tertiary/aromatic N) is 1. The second-order valence-corrected chi connectivity index (χ2v) is 8.30. The lowest BCUT2D eigenvalue weighted by atomic mass is 10.1. The van der Waals surface area contributed by atoms with Gasteiger partial charge in [0.2, 0.25) is 0 Å². The van der Waals surface area contributed by atoms with Gasteiger partial charge in [-0.3, -0.25) is 0 Å². The maximum atomic E-state index is 12.2. The molecule has 2 heterocycles. The maximum absolute atomic E-state index is 12.2. The molecule has 3 N–H and O–H groups in total. The first-order valence-corrected chi connectivity index (χ1v) is 10.8. The van der Waals surface area contributed by atoms with Crippen LogP contribution in [0, 0.1) is 6.92 Å². The number of nitrogens with one attached hydrogen (secondary N) is 3. The van der Waals surface area contributed by atoms with E-state index < -0.39 is 11.0 Å². The predicted molar refractivity (Wildman–Crippen MR) is 123 cm³/mol. The van der Waals surface area contributed by atoms with Crippen LogP contribution in [0.2, 0.25) is 0 Å². The summed E-state index contributed by atoms with van der Waals surface area (Å²) in [7, 11) is 0.471. The van der Waals surface area contributed by atoms with E-state index in [0.29, 0.717) is 6.67 Å². The van der Waals surface area contributed by atoms with E-state index in [9.17, 15) is 4.21 Å². The molecule has 0 amide bonds. The van der Waals surface area contributed by atoms with Crippen molar-refractivity contribution in [3.05, 3.63) is 72.1 Å². The monoisotopic (exact) mass is 420 g/mol. The Morgan fingerprint density at radius 1 is 1.20 bits per heavy atom. The van der Waals surface area contributed by atoms with Gasteiger partial charge in [-0.25, -0.2) is 13.9 Å². The summed E-state index contributed by atoms with van der Waals surface area (Å²) in [5, 5.41) is 6.50. The van der Waals surface area contributed by atoms with Crippen LogP contribution in [0.3, 0.4) is 0 Å². The van der Waals surface area contributed by atoms with E-state index in [1.165, 1.54) is 0 Å². The molecule has 1 aromatic heterocycles. The first-order chi connectivity index (χ1) is 14.6. The van der Waals surface area contributed by atoms with Crippen molar-refractivity contribution >= 4 is 28.1 Å². The summed E-state index contributed by atoms with van der Waals surface area (Å²) in [6.45, 7) is 4.55. The highest BCUT2D eigenvalue weighted by atomic mass is 32.2. The number of para-hydroxylation sites is 1. The summed E-state index contributed by atoms with van der Waals surface area (Å²) in [5.41, 5.74) is 5.97. The standard InChI is InChI=1S/C23H24N4O2S/c1-15-10-18(17-8-9-20-22(11-17)30(28)27-14-26-20)13-25-23(15)24-12-16(2)19-6-4-5-7-21(19)29-3/h4-13,26-27H,14H2,1-3H3,(H,24,25)/b16-12+. The zero-order chi connectivity index (χ0) is 21.1. The van der Waals surface area contributed by atoms with Crippen molar-refractivity contribution in [1.29, 1.82) is 0 Å². The zero-order valence-electron chi connectivity index (χ0n) is 17.2. The van der Waals surface area contributed by atoms with Crippen molar-refractivity contribution in [2.24, 2.45) is 0 Å². The van der Waals surface area contributed by atoms with Crippen molar-refractivity contribution in [2.45, 2.75) is 18.7 Å². The van der Waals surface area contributed by atoms with Crippen LogP contribution < -0.4 is 20.1 Å². The average molecular weight is 421 g/mol. The lowest BCUT2D eigenvalue weighted by Gasteiger charge is -2.19. The lowest BCUT2D eigenvalue weighted by Crippen LogP contribution is -2.29. The second-order valence-electron chi connectivity index (χ2n) is 7.04. The third kappa shape index (κ3) is 4.08. The Hall–Kier alpha value is -3.16. The first-order valence-electron chi connectivity index (χ1n) is 9.63. The van der Waals surface area contributed by atoms with Crippen LogP contribution in [0.25, 0.3) is 16.7 Å². The van der Waals surface area contributed by atoms with Crippen LogP contribution in [-0.4, -0.2) is 23.0 Å². The third-order valence-corrected chi connectivity index (χ3v) is 6.18. The predicted octanol–water partition coefficient (Wildman–Crippen LogP) is 4.53. The molecule has 0 saturated heterocycles. The normalized spacial score (nSPS) is 15.8. The number of aryl methyl sites for hydroxylation is 1. The van der Waals surface area contributed by atoms with Gasteiger partial charge in [0, 0.05) is 23.5 Å². The van der Waals surface area contributed by atoms with Gasteiger partial charge in [-0.2, -0.15) is 0 Å². The largest absolute Gasteiger partial charge is 0.496 e. The Kier molecular flexibility index (Phi) is 5.83. The van der Waals surface area contributed by atoms with E-state index in [2.05, 4.69) is 26.4 Å². The summed E-state index contributed by atoms with van der Waals surface area (Å²) in [5.74, 6) is 1.62. The number of methoxy groups -OCH3 is 1. The Morgan fingerprint density at radius 3 is 2.83 bits per heavy atom. The number of anilines is 2. The molecule has 1 aliphatic rings. The molecule has 1 unspecified atom stereocenters. The van der Waals surface area contributed by atoms with Crippen molar-refractivity contribution in [3.63, 3.8) is 0 Å². The van der Waals surface area contributed by atoms with Crippen molar-refractivity contribution < 1.29 is 8.95 Å². The average Bonchev–Trinajstić information content (AvgIpc) is 2.78. The smallest absolute Gasteiger partial charge is 0.132 e. The highest BCUT2D eigenvalue weighted by Gasteiger charge is 2.16. The van der Waals surface area contributed by atoms with Crippen LogP contribution in [-0.2, 0) is 11.0 Å². The molecule has 0 saturated carbocycles. The molecule has 0 fully saturated rings. The summed E-state index contributed by atoms with van der Waals surface area (Å²) in [6, 6.07) is 15.9. The van der Waals surface area contributed by atoms with Gasteiger partial charge in [0.25, 0.3) is 0 Å². The molecule has 4 rings (SSSR count). The van der Waals surface area contributed by atoms with Crippen molar-refractivity contribution in [3.8, 4) is 16.9 Å². The minimum atomic E-state index is -1.20. The highest BCUT2D eigenvalue weighted by molar-refractivity contribution is 7.83. The quantitative estimate of drug-likeness (QED) is 0.565. The second kappa shape index (κ2) is 8.69. The molecule has 1 atom stereocenters. The van der Waals surface area contributed by atoms with Crippen molar-refractivity contribution in [2.75, 3.05) is 24.4 Å². The van der Waals surface area contributed by atoms with Gasteiger partial charge in [-0.05, 0) is 54.8 Å². The Bertz CT molecular complexity index is 1140. The summed E-state index contributed by atoms with van der Waals surface area (Å²) in [6.07, 6.45) is 3.77. The van der Waals surface area contributed by atoms with Gasteiger partial charge >= 0.3 is 0 Å². The highest BCUT2D eigenvalue weighted by Crippen LogP contribution is 2.30. The third-order valence-electron chi connectivity index (χ3n) is 5.03. The molecule has 7 heteroatoms. The zero-order valence-corrected chi connectivity index (χ0v) is 18.0. The molecule has 6 nitrogen and oxygen atoms in total. The SMILES string of the molecule is COc1ccccc1/C(C)=C/Nc1ncc(-c2ccc3c(c2)S(=O)NCN3)cc1C. The molecule has 0 radical (unpaired) electrons. The molecule has 2 aromatic carbocycles. The molecular weight excluding hydrogens is 396 g/mol. The molecule has 154 valence electrons. The molecule has 0 spiro atoms. The van der Waals surface area contributed by atoms with E-state index in [4.69, 9.17) is 4.74 Å². The van der Waals surface area contributed by atoms with Gasteiger partial charge in [0.15, 0.2) is 0 Å². The number of fused-ring (bicyclic) bond motifs is 1. The molecule has 1 aliphatic heterocycles. The minimum Gasteiger partial charge on any atom is -0.496 e. The summed E-state index contributed by atoms with van der Waals surface area (Å²) < 4.78 is 20.6. The van der Waals surface area contributed by atoms with Gasteiger partial charge in [0.1, 0.15) is 22.6 Å². The molecule has 0 bridgehead atoms. The molecular formula is C23H24N4O2S. The number of aromatic nitrogens is 1. The van der Waals surface area contributed by atoms with Gasteiger partial charge < -0.3 is 15.4 Å². The number of allylic oxidation sites excluding steroid dienone is 1. The van der Waals surface area contributed by atoms with Crippen LogP contribution in [0.1, 0.15) is 18.1 Å². The van der Waals surface area contributed by atoms with Crippen molar-refractivity contribution in [1.82, 2.24) is 9.71 Å². The Morgan fingerprint density at radius 2 is 2.03 bits per heavy atom. The van der Waals surface area contributed by atoms with E-state index in [1.807, 2.05) is 68.7 Å². The van der Waals surface area contributed by atoms with E-state index in [-0.39, 0.29) is 0 Å². The minimum absolute atomic E-state index is 0.502. The molecule has 0 aliphatic carbocycles. The fraction of sp³-hybridized carbons (Fsp3) is 0.174. The van der Waals surface area contributed by atoms with E-state index >= 15 is 0 Å². The maximum Gasteiger partial charge on any atom is 0.132 e. The van der Waals surface area contributed by atoms with E-state index in [0.717, 1.165) is 50.0 Å². The fourth-order valence-electron chi connectivity index (χ4n) is 3.38. The molecule has 30 heavy (non-hydrogen) atoms. The Balaban J connectivity index is 1.57. The summed E-state index contributed by atoms with van der Waals surface area (Å²) >= 11 is 0. The number of hydrogen-bond acceptors (Lipinski definition) is 5. The van der Waals surface area contributed by atoms with Crippen LogP contribution >= 0.6 is 0 Å². The fourth-order valence-corrected chi connectivity index (χ4v) is 4.32. The van der Waals surface area contributed by atoms with Crippen LogP contribution in [0.5, 0.6) is 5.75 Å². The number of hydrogen-bond donors (Lipinski definition) is 3. The topological polar surface area (TPSA) is 75.3 Å². The number of pyridine rings is 1. The molecule has 3 aromatic rings. The number of rotatable bonds is 5. The van der Waals surface area contributed by atoms with E-state index in [1.54, 1.807) is 7.11 Å². The number of benzene rings is 2. The first kappa shape index (κ1) is 20.1. The lowest BCUT2D eigenvalue weighted by molar-refractivity contribution is 0.413. The van der Waals surface area contributed by atoms with Gasteiger partial charge in [-0.15, -0.1) is 0 Å². The van der Waals surface area contributed by atoms with Crippen LogP contribution in [0.15, 0.2) is 65.8 Å². The van der Waals surface area contributed by atoms with Gasteiger partial charge in [0.05, 0.1) is 24.4 Å². The Labute approximate surface area is 179 Å². The van der Waals surface area contributed by atoms with Gasteiger partial charge in [-0.1, -0.05) is 24.3 Å². The van der Waals surface area contributed by atoms with Crippen LogP contribution in [0.4, 0.5) is 11.5 Å². The number of ether oxygens (including phenoxy) is 1.